The molecule has 132 valence electrons. The second kappa shape index (κ2) is 6.20. The van der Waals surface area contributed by atoms with E-state index >= 15 is 0 Å². The van der Waals surface area contributed by atoms with Gasteiger partial charge >= 0.3 is 6.09 Å². The van der Waals surface area contributed by atoms with E-state index < -0.39 is 17.5 Å². The molecule has 0 unspecified atom stereocenters. The van der Waals surface area contributed by atoms with Gasteiger partial charge in [0.25, 0.3) is 0 Å². The molecule has 2 aliphatic rings. The van der Waals surface area contributed by atoms with Crippen LogP contribution in [0.4, 0.5) is 4.79 Å². The minimum atomic E-state index is -1.17. The molecule has 24 heavy (non-hydrogen) atoms. The van der Waals surface area contributed by atoms with Gasteiger partial charge in [-0.1, -0.05) is 6.07 Å². The van der Waals surface area contributed by atoms with E-state index in [0.717, 1.165) is 12.1 Å². The third-order valence-corrected chi connectivity index (χ3v) is 6.80. The number of likely N-dealkylation sites (tertiary alicyclic amines) is 1. The number of pyridine rings is 1. The predicted molar refractivity (Wildman–Crippen MR) is 93.3 cm³/mol. The average molecular weight is 351 g/mol. The second-order valence-electron chi connectivity index (χ2n) is 7.69. The molecule has 1 fully saturated rings. The summed E-state index contributed by atoms with van der Waals surface area (Å²) >= 11 is -1.17. The van der Waals surface area contributed by atoms with E-state index in [-0.39, 0.29) is 16.2 Å². The topological polar surface area (TPSA) is 88.5 Å². The third kappa shape index (κ3) is 3.00. The molecule has 1 amide bonds. The number of fused-ring (bicyclic) bond motifs is 2. The van der Waals surface area contributed by atoms with E-state index in [9.17, 15) is 14.5 Å². The quantitative estimate of drug-likeness (QED) is 0.796. The van der Waals surface area contributed by atoms with E-state index in [1.807, 2.05) is 26.8 Å². The number of aromatic nitrogens is 1. The molecule has 1 spiro atoms. The Morgan fingerprint density at radius 1 is 1.46 bits per heavy atom. The summed E-state index contributed by atoms with van der Waals surface area (Å²) in [5.41, 5.74) is 2.01. The van der Waals surface area contributed by atoms with Gasteiger partial charge in [0.05, 0.1) is 11.7 Å². The minimum absolute atomic E-state index is 0.0263. The van der Waals surface area contributed by atoms with Gasteiger partial charge in [-0.25, -0.2) is 4.79 Å². The van der Waals surface area contributed by atoms with Gasteiger partial charge in [-0.05, 0) is 51.7 Å². The van der Waals surface area contributed by atoms with Crippen molar-refractivity contribution in [2.45, 2.75) is 56.2 Å². The first kappa shape index (κ1) is 17.5. The molecule has 2 atom stereocenters. The molecule has 3 rings (SSSR count). The molecule has 2 heterocycles. The fourth-order valence-corrected chi connectivity index (χ4v) is 4.70. The smallest absolute Gasteiger partial charge is 0.407 e. The van der Waals surface area contributed by atoms with Crippen LogP contribution in [0.5, 0.6) is 0 Å². The maximum atomic E-state index is 12.6. The Hall–Kier alpha value is -1.31. The average Bonchev–Trinajstić information content (AvgIpc) is 2.81. The molecule has 0 radical (unpaired) electrons. The maximum absolute atomic E-state index is 12.6. The zero-order chi connectivity index (χ0) is 17.5. The molecule has 1 aromatic rings. The van der Waals surface area contributed by atoms with Crippen molar-refractivity contribution in [3.05, 3.63) is 29.6 Å². The Kier molecular flexibility index (Phi) is 4.53. The summed E-state index contributed by atoms with van der Waals surface area (Å²) in [5, 5.41) is 9.23. The normalized spacial score (nSPS) is 24.0. The summed E-state index contributed by atoms with van der Waals surface area (Å²) in [4.78, 5) is 17.3. The van der Waals surface area contributed by atoms with Crippen LogP contribution in [0.2, 0.25) is 0 Å². The van der Waals surface area contributed by atoms with Crippen LogP contribution in [0, 0.1) is 0 Å². The fraction of sp³-hybridized carbons (Fsp3) is 0.647. The Balaban J connectivity index is 1.88. The number of amides is 1. The first-order valence-corrected chi connectivity index (χ1v) is 9.49. The van der Waals surface area contributed by atoms with Crippen LogP contribution < -0.4 is 4.72 Å². The molecule has 1 aromatic heterocycles. The van der Waals surface area contributed by atoms with Crippen molar-refractivity contribution in [2.24, 2.45) is 0 Å². The van der Waals surface area contributed by atoms with E-state index in [1.54, 1.807) is 6.20 Å². The SMILES string of the molecule is CC(C)(C)[S@@+]([O-])N[C@@H]1Cc2cccnc2C12CCN(C(=O)O)CC2. The summed E-state index contributed by atoms with van der Waals surface area (Å²) in [6.07, 6.45) is 3.14. The monoisotopic (exact) mass is 351 g/mol. The van der Waals surface area contributed by atoms with Crippen molar-refractivity contribution in [3.8, 4) is 0 Å². The van der Waals surface area contributed by atoms with Gasteiger partial charge in [0.2, 0.25) is 0 Å². The molecule has 0 aromatic carbocycles. The Morgan fingerprint density at radius 2 is 2.12 bits per heavy atom. The summed E-state index contributed by atoms with van der Waals surface area (Å²) in [7, 11) is 0. The van der Waals surface area contributed by atoms with Crippen LogP contribution in [0.25, 0.3) is 0 Å². The minimum Gasteiger partial charge on any atom is -0.598 e. The van der Waals surface area contributed by atoms with Gasteiger partial charge in [-0.15, -0.1) is 4.72 Å². The van der Waals surface area contributed by atoms with Gasteiger partial charge in [0.15, 0.2) is 0 Å². The summed E-state index contributed by atoms with van der Waals surface area (Å²) in [6, 6.07) is 4.04. The number of piperidine rings is 1. The lowest BCUT2D eigenvalue weighted by Gasteiger charge is -2.42. The number of carboxylic acid groups (broad SMARTS) is 1. The van der Waals surface area contributed by atoms with Crippen LogP contribution in [0.15, 0.2) is 18.3 Å². The third-order valence-electron chi connectivity index (χ3n) is 5.19. The second-order valence-corrected chi connectivity index (χ2v) is 9.69. The largest absolute Gasteiger partial charge is 0.598 e. The summed E-state index contributed by atoms with van der Waals surface area (Å²) in [6.45, 7) is 6.85. The number of hydrogen-bond donors (Lipinski definition) is 2. The van der Waals surface area contributed by atoms with Crippen LogP contribution in [-0.4, -0.2) is 49.5 Å². The first-order valence-electron chi connectivity index (χ1n) is 8.34. The zero-order valence-corrected chi connectivity index (χ0v) is 15.2. The molecule has 2 N–H and O–H groups in total. The van der Waals surface area contributed by atoms with Crippen LogP contribution in [-0.2, 0) is 23.2 Å². The molecular weight excluding hydrogens is 326 g/mol. The highest BCUT2D eigenvalue weighted by Crippen LogP contribution is 2.45. The van der Waals surface area contributed by atoms with Gasteiger partial charge in [-0.3, -0.25) is 4.98 Å². The molecular formula is C17H25N3O3S. The number of rotatable bonds is 2. The van der Waals surface area contributed by atoms with Crippen LogP contribution in [0.3, 0.4) is 0 Å². The molecule has 7 heteroatoms. The highest BCUT2D eigenvalue weighted by molar-refractivity contribution is 7.90. The Bertz CT molecular complexity index is 624. The lowest BCUT2D eigenvalue weighted by atomic mass is 9.73. The van der Waals surface area contributed by atoms with Crippen LogP contribution >= 0.6 is 0 Å². The van der Waals surface area contributed by atoms with Gasteiger partial charge < -0.3 is 14.6 Å². The van der Waals surface area contributed by atoms with Crippen molar-refractivity contribution >= 4 is 17.5 Å². The number of carbonyl (C=O) groups is 1. The lowest BCUT2D eigenvalue weighted by molar-refractivity contribution is 0.109. The molecule has 6 nitrogen and oxygen atoms in total. The fourth-order valence-electron chi connectivity index (χ4n) is 3.77. The zero-order valence-electron chi connectivity index (χ0n) is 14.4. The lowest BCUT2D eigenvalue weighted by Crippen LogP contribution is -2.56. The number of nitrogens with zero attached hydrogens (tertiary/aromatic N) is 2. The Labute approximate surface area is 146 Å². The van der Waals surface area contributed by atoms with Crippen LogP contribution in [0.1, 0.15) is 44.9 Å². The highest BCUT2D eigenvalue weighted by atomic mass is 32.2. The van der Waals surface area contributed by atoms with Gasteiger partial charge in [-0.2, -0.15) is 0 Å². The molecule has 1 aliphatic heterocycles. The van der Waals surface area contributed by atoms with E-state index in [4.69, 9.17) is 0 Å². The molecule has 0 saturated carbocycles. The van der Waals surface area contributed by atoms with Crippen molar-refractivity contribution in [1.29, 1.82) is 0 Å². The van der Waals surface area contributed by atoms with Gasteiger partial charge in [0.1, 0.15) is 4.75 Å². The summed E-state index contributed by atoms with van der Waals surface area (Å²) < 4.78 is 15.6. The summed E-state index contributed by atoms with van der Waals surface area (Å²) in [5.74, 6) is 0. The molecule has 1 aliphatic carbocycles. The van der Waals surface area contributed by atoms with Crippen molar-refractivity contribution < 1.29 is 14.5 Å². The maximum Gasteiger partial charge on any atom is 0.407 e. The van der Waals surface area contributed by atoms with Gasteiger partial charge in [0, 0.05) is 36.1 Å². The number of nitrogens with one attached hydrogen (secondary N) is 1. The van der Waals surface area contributed by atoms with E-state index in [0.29, 0.717) is 25.9 Å². The Morgan fingerprint density at radius 3 is 2.71 bits per heavy atom. The highest BCUT2D eigenvalue weighted by Gasteiger charge is 2.52. The standard InChI is InChI=1S/C17H25N3O3S/c1-16(2,3)24(23)19-13-11-12-5-4-8-18-14(12)17(13)6-9-20(10-7-17)15(21)22/h4-5,8,13,19H,6-7,9-11H2,1-3H3,(H,21,22)/t13-,24-/m1/s1. The van der Waals surface area contributed by atoms with Crippen molar-refractivity contribution in [2.75, 3.05) is 13.1 Å². The van der Waals surface area contributed by atoms with E-state index in [2.05, 4.69) is 15.8 Å². The number of hydrogen-bond acceptors (Lipinski definition) is 4. The predicted octanol–water partition coefficient (Wildman–Crippen LogP) is 2.07. The molecule has 1 saturated heterocycles. The first-order chi connectivity index (χ1) is 11.2. The van der Waals surface area contributed by atoms with Crippen molar-refractivity contribution in [3.63, 3.8) is 0 Å². The van der Waals surface area contributed by atoms with Crippen molar-refractivity contribution in [1.82, 2.24) is 14.6 Å². The molecule has 0 bridgehead atoms. The van der Waals surface area contributed by atoms with E-state index in [1.165, 1.54) is 10.5 Å².